The zero-order valence-electron chi connectivity index (χ0n) is 8.73. The van der Waals surface area contributed by atoms with Gasteiger partial charge in [0.25, 0.3) is 0 Å². The summed E-state index contributed by atoms with van der Waals surface area (Å²) in [6.45, 7) is 0. The molecule has 0 fully saturated rings. The van der Waals surface area contributed by atoms with Crippen LogP contribution in [-0.4, -0.2) is 33.1 Å². The lowest BCUT2D eigenvalue weighted by Gasteiger charge is -1.95. The molecule has 0 amide bonds. The van der Waals surface area contributed by atoms with Crippen LogP contribution in [0.3, 0.4) is 0 Å². The number of aromatic nitrogens is 3. The fourth-order valence-electron chi connectivity index (χ4n) is 1.38. The van der Waals surface area contributed by atoms with Crippen LogP contribution in [0.25, 0.3) is 11.2 Å². The fraction of sp³-hybridized carbons (Fsp3) is 0.300. The van der Waals surface area contributed by atoms with Crippen LogP contribution in [0.4, 0.5) is 0 Å². The van der Waals surface area contributed by atoms with Gasteiger partial charge in [-0.1, -0.05) is 0 Å². The highest BCUT2D eigenvalue weighted by atomic mass is 16.5. The molecule has 0 aliphatic rings. The summed E-state index contributed by atoms with van der Waals surface area (Å²) in [5.74, 6) is 0.271. The van der Waals surface area contributed by atoms with Gasteiger partial charge in [0.1, 0.15) is 5.82 Å². The number of hydrogen-bond donors (Lipinski definition) is 2. The molecular formula is C10H11N3O3. The molecule has 84 valence electrons. The molecule has 6 nitrogen and oxygen atoms in total. The number of aryl methyl sites for hydroxylation is 1. The molecule has 0 saturated heterocycles. The van der Waals surface area contributed by atoms with Gasteiger partial charge in [-0.25, -0.2) is 4.98 Å². The number of H-pyrrole nitrogens is 1. The highest BCUT2D eigenvalue weighted by Crippen LogP contribution is 2.14. The summed E-state index contributed by atoms with van der Waals surface area (Å²) in [4.78, 5) is 21.7. The lowest BCUT2D eigenvalue weighted by Crippen LogP contribution is -1.98. The van der Waals surface area contributed by atoms with E-state index in [9.17, 15) is 4.79 Å². The number of aromatic amines is 1. The Hall–Kier alpha value is -2.11. The van der Waals surface area contributed by atoms with Crippen molar-refractivity contribution in [2.75, 3.05) is 7.11 Å². The van der Waals surface area contributed by atoms with E-state index in [1.165, 1.54) is 7.11 Å². The van der Waals surface area contributed by atoms with Gasteiger partial charge < -0.3 is 14.8 Å². The predicted molar refractivity (Wildman–Crippen MR) is 56.4 cm³/mol. The third-order valence-corrected chi connectivity index (χ3v) is 2.15. The number of aliphatic carboxylic acids is 1. The lowest BCUT2D eigenvalue weighted by molar-refractivity contribution is -0.137. The van der Waals surface area contributed by atoms with Crippen molar-refractivity contribution in [3.8, 4) is 5.88 Å². The number of rotatable bonds is 4. The van der Waals surface area contributed by atoms with E-state index >= 15 is 0 Å². The van der Waals surface area contributed by atoms with Crippen molar-refractivity contribution in [2.45, 2.75) is 12.8 Å². The maximum absolute atomic E-state index is 10.4. The second-order valence-electron chi connectivity index (χ2n) is 3.30. The minimum Gasteiger partial charge on any atom is -0.481 e. The minimum atomic E-state index is -0.842. The third-order valence-electron chi connectivity index (χ3n) is 2.15. The first-order valence-corrected chi connectivity index (χ1v) is 4.80. The highest BCUT2D eigenvalue weighted by Gasteiger charge is 2.06. The SMILES string of the molecule is COc1ccc2[nH]c(CCC(=O)O)nc2n1. The molecule has 0 aliphatic heterocycles. The van der Waals surface area contributed by atoms with Crippen molar-refractivity contribution in [3.05, 3.63) is 18.0 Å². The van der Waals surface area contributed by atoms with Crippen molar-refractivity contribution in [1.82, 2.24) is 15.0 Å². The van der Waals surface area contributed by atoms with E-state index in [-0.39, 0.29) is 6.42 Å². The molecule has 0 radical (unpaired) electrons. The van der Waals surface area contributed by atoms with E-state index in [0.29, 0.717) is 23.8 Å². The van der Waals surface area contributed by atoms with Gasteiger partial charge in [0.2, 0.25) is 5.88 Å². The number of nitrogens with one attached hydrogen (secondary N) is 1. The van der Waals surface area contributed by atoms with Crippen LogP contribution < -0.4 is 4.74 Å². The van der Waals surface area contributed by atoms with Gasteiger partial charge in [0.05, 0.1) is 19.0 Å². The standard InChI is InChI=1S/C10H11N3O3/c1-16-8-4-2-6-10(13-8)12-7(11-6)3-5-9(14)15/h2,4H,3,5H2,1H3,(H,14,15)(H,11,12,13). The quantitative estimate of drug-likeness (QED) is 0.803. The van der Waals surface area contributed by atoms with Gasteiger partial charge in [0.15, 0.2) is 5.65 Å². The molecule has 2 aromatic rings. The Kier molecular flexibility index (Phi) is 2.72. The van der Waals surface area contributed by atoms with Crippen LogP contribution in [0.15, 0.2) is 12.1 Å². The van der Waals surface area contributed by atoms with E-state index < -0.39 is 5.97 Å². The molecule has 0 aromatic carbocycles. The van der Waals surface area contributed by atoms with E-state index in [2.05, 4.69) is 15.0 Å². The average Bonchev–Trinajstić information content (AvgIpc) is 2.67. The van der Waals surface area contributed by atoms with Gasteiger partial charge in [-0.15, -0.1) is 0 Å². The molecule has 0 saturated carbocycles. The Morgan fingerprint density at radius 3 is 3.00 bits per heavy atom. The van der Waals surface area contributed by atoms with Crippen molar-refractivity contribution in [1.29, 1.82) is 0 Å². The molecule has 16 heavy (non-hydrogen) atoms. The summed E-state index contributed by atoms with van der Waals surface area (Å²) in [5, 5.41) is 8.55. The number of carbonyl (C=O) groups is 1. The Morgan fingerprint density at radius 1 is 1.50 bits per heavy atom. The van der Waals surface area contributed by atoms with Gasteiger partial charge in [0, 0.05) is 12.5 Å². The van der Waals surface area contributed by atoms with Crippen LogP contribution >= 0.6 is 0 Å². The van der Waals surface area contributed by atoms with Crippen LogP contribution in [0.1, 0.15) is 12.2 Å². The summed E-state index contributed by atoms with van der Waals surface area (Å²) in [6, 6.07) is 3.53. The first-order chi connectivity index (χ1) is 7.69. The van der Waals surface area contributed by atoms with Crippen LogP contribution in [0.2, 0.25) is 0 Å². The molecule has 0 bridgehead atoms. The van der Waals surface area contributed by atoms with Gasteiger partial charge in [-0.05, 0) is 6.07 Å². The van der Waals surface area contributed by atoms with Crippen LogP contribution in [0, 0.1) is 0 Å². The van der Waals surface area contributed by atoms with E-state index in [1.807, 2.05) is 0 Å². The normalized spacial score (nSPS) is 10.6. The molecule has 2 aromatic heterocycles. The van der Waals surface area contributed by atoms with Crippen LogP contribution in [-0.2, 0) is 11.2 Å². The zero-order chi connectivity index (χ0) is 11.5. The Balaban J connectivity index is 2.25. The molecule has 6 heteroatoms. The monoisotopic (exact) mass is 221 g/mol. The van der Waals surface area contributed by atoms with Crippen molar-refractivity contribution < 1.29 is 14.6 Å². The number of fused-ring (bicyclic) bond motifs is 1. The molecule has 2 heterocycles. The first kappa shape index (κ1) is 10.4. The van der Waals surface area contributed by atoms with Crippen molar-refractivity contribution in [3.63, 3.8) is 0 Å². The minimum absolute atomic E-state index is 0.0525. The number of carboxylic acids is 1. The van der Waals surface area contributed by atoms with E-state index in [4.69, 9.17) is 9.84 Å². The molecule has 2 rings (SSSR count). The second-order valence-corrected chi connectivity index (χ2v) is 3.30. The number of hydrogen-bond acceptors (Lipinski definition) is 4. The van der Waals surface area contributed by atoms with Gasteiger partial charge >= 0.3 is 5.97 Å². The molecule has 2 N–H and O–H groups in total. The third kappa shape index (κ3) is 2.10. The topological polar surface area (TPSA) is 88.1 Å². The Labute approximate surface area is 91.3 Å². The number of pyridine rings is 1. The summed E-state index contributed by atoms with van der Waals surface area (Å²) in [7, 11) is 1.53. The first-order valence-electron chi connectivity index (χ1n) is 4.80. The molecular weight excluding hydrogens is 210 g/mol. The summed E-state index contributed by atoms with van der Waals surface area (Å²) >= 11 is 0. The maximum Gasteiger partial charge on any atom is 0.303 e. The highest BCUT2D eigenvalue weighted by molar-refractivity contribution is 5.71. The van der Waals surface area contributed by atoms with Gasteiger partial charge in [-0.3, -0.25) is 4.79 Å². The Morgan fingerprint density at radius 2 is 2.31 bits per heavy atom. The second kappa shape index (κ2) is 4.18. The molecule has 0 aliphatic carbocycles. The molecule has 0 unspecified atom stereocenters. The smallest absolute Gasteiger partial charge is 0.303 e. The predicted octanol–water partition coefficient (Wildman–Crippen LogP) is 0.984. The number of nitrogens with zero attached hydrogens (tertiary/aromatic N) is 2. The summed E-state index contributed by atoms with van der Waals surface area (Å²) in [5.41, 5.74) is 1.32. The Bertz CT molecular complexity index is 521. The molecule has 0 atom stereocenters. The number of ether oxygens (including phenoxy) is 1. The number of methoxy groups -OCH3 is 1. The largest absolute Gasteiger partial charge is 0.481 e. The van der Waals surface area contributed by atoms with Crippen LogP contribution in [0.5, 0.6) is 5.88 Å². The van der Waals surface area contributed by atoms with E-state index in [1.54, 1.807) is 12.1 Å². The van der Waals surface area contributed by atoms with Crippen molar-refractivity contribution >= 4 is 17.1 Å². The summed E-state index contributed by atoms with van der Waals surface area (Å²) < 4.78 is 4.97. The zero-order valence-corrected chi connectivity index (χ0v) is 8.73. The number of carboxylic acid groups (broad SMARTS) is 1. The van der Waals surface area contributed by atoms with Gasteiger partial charge in [-0.2, -0.15) is 4.98 Å². The summed E-state index contributed by atoms with van der Waals surface area (Å²) in [6.07, 6.45) is 0.422. The number of imidazole rings is 1. The van der Waals surface area contributed by atoms with Crippen molar-refractivity contribution in [2.24, 2.45) is 0 Å². The van der Waals surface area contributed by atoms with E-state index in [0.717, 1.165) is 5.52 Å². The average molecular weight is 221 g/mol. The fourth-order valence-corrected chi connectivity index (χ4v) is 1.38. The molecule has 0 spiro atoms. The maximum atomic E-state index is 10.4. The lowest BCUT2D eigenvalue weighted by atomic mass is 10.3.